The molecule has 0 saturated carbocycles. The first-order valence-corrected chi connectivity index (χ1v) is 6.35. The maximum Gasteiger partial charge on any atom is 0.0349 e. The molecule has 1 aromatic heterocycles. The summed E-state index contributed by atoms with van der Waals surface area (Å²) < 4.78 is 1.12. The lowest BCUT2D eigenvalue weighted by atomic mass is 10.00. The smallest absolute Gasteiger partial charge is 0.0349 e. The summed E-state index contributed by atoms with van der Waals surface area (Å²) in [5, 5.41) is 0. The van der Waals surface area contributed by atoms with Gasteiger partial charge in [0, 0.05) is 22.4 Å². The van der Waals surface area contributed by atoms with Crippen molar-refractivity contribution >= 4 is 15.9 Å². The highest BCUT2D eigenvalue weighted by Crippen LogP contribution is 2.31. The van der Waals surface area contributed by atoms with Gasteiger partial charge >= 0.3 is 0 Å². The molecule has 1 aliphatic rings. The molecule has 80 valence electrons. The fourth-order valence-corrected chi connectivity index (χ4v) is 2.64. The first kappa shape index (κ1) is 10.0. The van der Waals surface area contributed by atoms with Gasteiger partial charge in [0.2, 0.25) is 0 Å². The Kier molecular flexibility index (Phi) is 2.52. The second-order valence-electron chi connectivity index (χ2n) is 4.19. The van der Waals surface area contributed by atoms with Crippen LogP contribution in [0.2, 0.25) is 0 Å². The fraction of sp³-hybridized carbons (Fsp3) is 0.214. The lowest BCUT2D eigenvalue weighted by Crippen LogP contribution is -1.90. The Labute approximate surface area is 104 Å². The summed E-state index contributed by atoms with van der Waals surface area (Å²) in [5.74, 6) is 0. The summed E-state index contributed by atoms with van der Waals surface area (Å²) in [6.45, 7) is 0. The zero-order chi connectivity index (χ0) is 11.0. The van der Waals surface area contributed by atoms with Crippen molar-refractivity contribution in [2.24, 2.45) is 0 Å². The van der Waals surface area contributed by atoms with Gasteiger partial charge in [-0.3, -0.25) is 4.98 Å². The van der Waals surface area contributed by atoms with E-state index in [0.29, 0.717) is 0 Å². The number of rotatable bonds is 1. The van der Waals surface area contributed by atoms with E-state index < -0.39 is 0 Å². The van der Waals surface area contributed by atoms with Gasteiger partial charge in [-0.2, -0.15) is 0 Å². The maximum atomic E-state index is 4.34. The summed E-state index contributed by atoms with van der Waals surface area (Å²) in [4.78, 5) is 4.34. The molecule has 0 N–H and O–H groups in total. The average Bonchev–Trinajstić information content (AvgIpc) is 2.78. The molecule has 16 heavy (non-hydrogen) atoms. The number of aryl methyl sites for hydroxylation is 1. The Bertz CT molecular complexity index is 517. The molecule has 2 aromatic rings. The van der Waals surface area contributed by atoms with Crippen molar-refractivity contribution in [1.29, 1.82) is 0 Å². The molecular weight excluding hydrogens is 262 g/mol. The molecular formula is C14H12BrN. The molecule has 1 aliphatic carbocycles. The summed E-state index contributed by atoms with van der Waals surface area (Å²) in [5.41, 5.74) is 5.51. The van der Waals surface area contributed by atoms with Gasteiger partial charge in [0.25, 0.3) is 0 Å². The molecule has 2 heteroatoms. The topological polar surface area (TPSA) is 12.9 Å². The zero-order valence-corrected chi connectivity index (χ0v) is 10.5. The molecule has 0 bridgehead atoms. The van der Waals surface area contributed by atoms with Crippen molar-refractivity contribution in [3.63, 3.8) is 0 Å². The molecule has 0 atom stereocenters. The molecule has 0 spiro atoms. The van der Waals surface area contributed by atoms with Crippen LogP contribution in [0, 0.1) is 0 Å². The highest BCUT2D eigenvalue weighted by Gasteiger charge is 2.15. The van der Waals surface area contributed by atoms with Crippen molar-refractivity contribution in [2.75, 3.05) is 0 Å². The molecule has 1 aromatic carbocycles. The highest BCUT2D eigenvalue weighted by molar-refractivity contribution is 9.10. The van der Waals surface area contributed by atoms with Crippen LogP contribution in [0.4, 0.5) is 0 Å². The summed E-state index contributed by atoms with van der Waals surface area (Å²) in [6, 6.07) is 8.48. The zero-order valence-electron chi connectivity index (χ0n) is 8.91. The summed E-state index contributed by atoms with van der Waals surface area (Å²) in [7, 11) is 0. The second kappa shape index (κ2) is 4.02. The Morgan fingerprint density at radius 1 is 1.00 bits per heavy atom. The van der Waals surface area contributed by atoms with Gasteiger partial charge in [-0.15, -0.1) is 0 Å². The van der Waals surface area contributed by atoms with Gasteiger partial charge in [0.1, 0.15) is 0 Å². The van der Waals surface area contributed by atoms with Gasteiger partial charge in [-0.1, -0.05) is 28.1 Å². The van der Waals surface area contributed by atoms with Crippen LogP contribution in [-0.2, 0) is 12.8 Å². The van der Waals surface area contributed by atoms with E-state index >= 15 is 0 Å². The minimum absolute atomic E-state index is 1.12. The summed E-state index contributed by atoms with van der Waals surface area (Å²) >= 11 is 3.46. The Hall–Kier alpha value is -1.15. The Morgan fingerprint density at radius 2 is 1.81 bits per heavy atom. The fourth-order valence-electron chi connectivity index (χ4n) is 2.38. The number of pyridine rings is 1. The van der Waals surface area contributed by atoms with Crippen LogP contribution in [0.1, 0.15) is 17.5 Å². The molecule has 0 amide bonds. The molecule has 0 saturated heterocycles. The van der Waals surface area contributed by atoms with E-state index in [1.165, 1.54) is 41.5 Å². The van der Waals surface area contributed by atoms with Crippen LogP contribution in [0.25, 0.3) is 11.1 Å². The Morgan fingerprint density at radius 3 is 2.62 bits per heavy atom. The van der Waals surface area contributed by atoms with Crippen molar-refractivity contribution in [3.8, 4) is 11.1 Å². The predicted molar refractivity (Wildman–Crippen MR) is 69.4 cm³/mol. The molecule has 1 heterocycles. The third-order valence-electron chi connectivity index (χ3n) is 3.17. The van der Waals surface area contributed by atoms with Crippen LogP contribution in [0.3, 0.4) is 0 Å². The molecule has 3 rings (SSSR count). The van der Waals surface area contributed by atoms with E-state index in [0.717, 1.165) is 4.47 Å². The lowest BCUT2D eigenvalue weighted by Gasteiger charge is -2.07. The van der Waals surface area contributed by atoms with Gasteiger partial charge in [-0.05, 0) is 48.1 Å². The minimum atomic E-state index is 1.12. The second-order valence-corrected chi connectivity index (χ2v) is 5.10. The van der Waals surface area contributed by atoms with Crippen molar-refractivity contribution in [1.82, 2.24) is 4.98 Å². The number of hydrogen-bond donors (Lipinski definition) is 0. The van der Waals surface area contributed by atoms with Crippen molar-refractivity contribution < 1.29 is 0 Å². The maximum absolute atomic E-state index is 4.34. The third kappa shape index (κ3) is 1.67. The summed E-state index contributed by atoms with van der Waals surface area (Å²) in [6.07, 6.45) is 7.67. The van der Waals surface area contributed by atoms with E-state index in [1.54, 1.807) is 0 Å². The third-order valence-corrected chi connectivity index (χ3v) is 3.70. The largest absolute Gasteiger partial charge is 0.264 e. The van der Waals surface area contributed by atoms with Crippen LogP contribution >= 0.6 is 15.9 Å². The van der Waals surface area contributed by atoms with Crippen LogP contribution in [0.5, 0.6) is 0 Å². The number of nitrogens with zero attached hydrogens (tertiary/aromatic N) is 1. The standard InChI is InChI=1S/C14H12BrN/c15-12-6-4-10(5-7-12)14-9-16-8-11-2-1-3-13(11)14/h4-9H,1-3H2. The predicted octanol–water partition coefficient (Wildman–Crippen LogP) is 4.00. The number of halogens is 1. The molecule has 0 aliphatic heterocycles. The van der Waals surface area contributed by atoms with Crippen LogP contribution in [-0.4, -0.2) is 4.98 Å². The molecule has 1 nitrogen and oxygen atoms in total. The lowest BCUT2D eigenvalue weighted by molar-refractivity contribution is 0.911. The average molecular weight is 274 g/mol. The normalized spacial score (nSPS) is 13.8. The highest BCUT2D eigenvalue weighted by atomic mass is 79.9. The van der Waals surface area contributed by atoms with Gasteiger partial charge in [-0.25, -0.2) is 0 Å². The molecule has 0 unspecified atom stereocenters. The minimum Gasteiger partial charge on any atom is -0.264 e. The van der Waals surface area contributed by atoms with Gasteiger partial charge < -0.3 is 0 Å². The number of fused-ring (bicyclic) bond motifs is 1. The number of hydrogen-bond acceptors (Lipinski definition) is 1. The SMILES string of the molecule is Brc1ccc(-c2cncc3c2CCC3)cc1. The number of benzene rings is 1. The van der Waals surface area contributed by atoms with Gasteiger partial charge in [0.15, 0.2) is 0 Å². The van der Waals surface area contributed by atoms with E-state index in [1.807, 2.05) is 12.4 Å². The number of aromatic nitrogens is 1. The van der Waals surface area contributed by atoms with E-state index in [-0.39, 0.29) is 0 Å². The van der Waals surface area contributed by atoms with Crippen molar-refractivity contribution in [3.05, 3.63) is 52.3 Å². The van der Waals surface area contributed by atoms with Gasteiger partial charge in [0.05, 0.1) is 0 Å². The Balaban J connectivity index is 2.13. The van der Waals surface area contributed by atoms with E-state index in [4.69, 9.17) is 0 Å². The van der Waals surface area contributed by atoms with Crippen molar-refractivity contribution in [2.45, 2.75) is 19.3 Å². The van der Waals surface area contributed by atoms with E-state index in [2.05, 4.69) is 45.2 Å². The quantitative estimate of drug-likeness (QED) is 0.766. The molecule has 0 radical (unpaired) electrons. The molecule has 0 fully saturated rings. The first-order chi connectivity index (χ1) is 7.84. The van der Waals surface area contributed by atoms with E-state index in [9.17, 15) is 0 Å². The van der Waals surface area contributed by atoms with Crippen LogP contribution in [0.15, 0.2) is 41.1 Å². The first-order valence-electron chi connectivity index (χ1n) is 5.56. The monoisotopic (exact) mass is 273 g/mol. The van der Waals surface area contributed by atoms with Crippen LogP contribution < -0.4 is 0 Å².